The first-order valence-electron chi connectivity index (χ1n) is 5.89. The molecule has 4 N–H and O–H groups in total. The number of aromatic nitrogens is 4. The lowest BCUT2D eigenvalue weighted by Crippen LogP contribution is -2.31. The summed E-state index contributed by atoms with van der Waals surface area (Å²) >= 11 is 0. The van der Waals surface area contributed by atoms with Crippen LogP contribution in [0.1, 0.15) is 11.9 Å². The van der Waals surface area contributed by atoms with E-state index in [9.17, 15) is 0 Å². The van der Waals surface area contributed by atoms with Crippen LogP contribution in [0.3, 0.4) is 0 Å². The number of nitrogens with zero attached hydrogens (tertiary/aromatic N) is 4. The van der Waals surface area contributed by atoms with Gasteiger partial charge in [-0.1, -0.05) is 12.1 Å². The van der Waals surface area contributed by atoms with Crippen molar-refractivity contribution in [3.05, 3.63) is 42.2 Å². The van der Waals surface area contributed by atoms with Crippen LogP contribution in [-0.4, -0.2) is 25.7 Å². The average molecular weight is 253 g/mol. The van der Waals surface area contributed by atoms with Crippen molar-refractivity contribution in [2.24, 2.45) is 10.7 Å². The lowest BCUT2D eigenvalue weighted by molar-refractivity contribution is 0.606. The van der Waals surface area contributed by atoms with Crippen LogP contribution >= 0.6 is 0 Å². The molecule has 2 aromatic heterocycles. The molecule has 1 unspecified atom stereocenters. The number of benzene rings is 1. The summed E-state index contributed by atoms with van der Waals surface area (Å²) in [6.45, 7) is 0. The maximum atomic E-state index is 5.82. The van der Waals surface area contributed by atoms with E-state index < -0.39 is 0 Å². The Balaban J connectivity index is 2.00. The standard InChI is InChI=1S/C12H11N7/c13-11-16-10(8-5-6-14-18-8)19-9-4-2-1-3-7(9)15-12(19)17-11/h1-6,10H,(H,14,18)(H3,13,15,16,17). The number of anilines is 1. The van der Waals surface area contributed by atoms with Crippen LogP contribution in [0.2, 0.25) is 0 Å². The number of para-hydroxylation sites is 2. The van der Waals surface area contributed by atoms with Gasteiger partial charge >= 0.3 is 0 Å². The molecule has 7 heteroatoms. The Morgan fingerprint density at radius 2 is 2.11 bits per heavy atom. The van der Waals surface area contributed by atoms with Gasteiger partial charge in [0.2, 0.25) is 5.95 Å². The third kappa shape index (κ3) is 1.41. The summed E-state index contributed by atoms with van der Waals surface area (Å²) in [4.78, 5) is 8.94. The van der Waals surface area contributed by atoms with Crippen molar-refractivity contribution < 1.29 is 0 Å². The summed E-state index contributed by atoms with van der Waals surface area (Å²) < 4.78 is 2.00. The van der Waals surface area contributed by atoms with Crippen LogP contribution in [0.4, 0.5) is 5.95 Å². The summed E-state index contributed by atoms with van der Waals surface area (Å²) in [6, 6.07) is 9.78. The second kappa shape index (κ2) is 3.58. The highest BCUT2D eigenvalue weighted by Crippen LogP contribution is 2.30. The zero-order chi connectivity index (χ0) is 12.8. The first kappa shape index (κ1) is 10.1. The molecule has 3 aromatic rings. The van der Waals surface area contributed by atoms with Crippen molar-refractivity contribution in [3.63, 3.8) is 0 Å². The maximum absolute atomic E-state index is 5.82. The molecular formula is C12H11N7. The smallest absolute Gasteiger partial charge is 0.212 e. The van der Waals surface area contributed by atoms with Crippen molar-refractivity contribution >= 4 is 22.9 Å². The number of H-pyrrole nitrogens is 1. The lowest BCUT2D eigenvalue weighted by Gasteiger charge is -2.22. The van der Waals surface area contributed by atoms with Gasteiger partial charge < -0.3 is 5.73 Å². The van der Waals surface area contributed by atoms with E-state index >= 15 is 0 Å². The van der Waals surface area contributed by atoms with Gasteiger partial charge in [-0.2, -0.15) is 5.10 Å². The van der Waals surface area contributed by atoms with E-state index in [4.69, 9.17) is 5.73 Å². The Kier molecular flexibility index (Phi) is 1.91. The molecule has 19 heavy (non-hydrogen) atoms. The summed E-state index contributed by atoms with van der Waals surface area (Å²) in [5, 5.41) is 9.89. The lowest BCUT2D eigenvalue weighted by atomic mass is 10.3. The van der Waals surface area contributed by atoms with E-state index in [1.54, 1.807) is 6.20 Å². The predicted octanol–water partition coefficient (Wildman–Crippen LogP) is 1.05. The summed E-state index contributed by atoms with van der Waals surface area (Å²) in [5.41, 5.74) is 8.59. The number of hydrogen-bond acceptors (Lipinski definition) is 5. The first-order valence-corrected chi connectivity index (χ1v) is 5.89. The number of nitrogens with one attached hydrogen (secondary N) is 2. The van der Waals surface area contributed by atoms with Crippen molar-refractivity contribution in [2.45, 2.75) is 6.17 Å². The molecule has 94 valence electrons. The van der Waals surface area contributed by atoms with E-state index in [2.05, 4.69) is 25.5 Å². The Bertz CT molecular complexity index is 769. The van der Waals surface area contributed by atoms with Crippen LogP contribution in [0.5, 0.6) is 0 Å². The van der Waals surface area contributed by atoms with E-state index in [0.717, 1.165) is 16.7 Å². The van der Waals surface area contributed by atoms with Crippen molar-refractivity contribution in [2.75, 3.05) is 5.32 Å². The number of fused-ring (bicyclic) bond motifs is 3. The van der Waals surface area contributed by atoms with E-state index in [1.165, 1.54) is 0 Å². The van der Waals surface area contributed by atoms with E-state index in [1.807, 2.05) is 34.9 Å². The Morgan fingerprint density at radius 1 is 1.21 bits per heavy atom. The number of aromatic amines is 1. The van der Waals surface area contributed by atoms with Crippen LogP contribution in [0.15, 0.2) is 41.5 Å². The second-order valence-corrected chi connectivity index (χ2v) is 4.32. The zero-order valence-corrected chi connectivity index (χ0v) is 9.91. The van der Waals surface area contributed by atoms with Gasteiger partial charge in [0.15, 0.2) is 12.1 Å². The topological polar surface area (TPSA) is 96.9 Å². The molecule has 7 nitrogen and oxygen atoms in total. The molecule has 0 bridgehead atoms. The monoisotopic (exact) mass is 253 g/mol. The highest BCUT2D eigenvalue weighted by molar-refractivity contribution is 5.94. The number of nitrogens with two attached hydrogens (primary N) is 1. The largest absolute Gasteiger partial charge is 0.370 e. The average Bonchev–Trinajstić information content (AvgIpc) is 3.04. The highest BCUT2D eigenvalue weighted by Gasteiger charge is 2.25. The maximum Gasteiger partial charge on any atom is 0.212 e. The van der Waals surface area contributed by atoms with Gasteiger partial charge in [-0.25, -0.2) is 9.98 Å². The molecular weight excluding hydrogens is 242 g/mol. The third-order valence-electron chi connectivity index (χ3n) is 3.14. The second-order valence-electron chi connectivity index (χ2n) is 4.32. The quantitative estimate of drug-likeness (QED) is 0.603. The molecule has 1 aliphatic rings. The SMILES string of the molecule is NC1=NC(c2ccn[nH]2)n2c(nc3ccccc32)N1. The van der Waals surface area contributed by atoms with Gasteiger partial charge in [0.05, 0.1) is 16.7 Å². The van der Waals surface area contributed by atoms with Gasteiger partial charge in [0, 0.05) is 6.20 Å². The number of guanidine groups is 1. The molecule has 0 saturated carbocycles. The molecule has 4 rings (SSSR count). The van der Waals surface area contributed by atoms with Crippen LogP contribution in [0, 0.1) is 0 Å². The summed E-state index contributed by atoms with van der Waals surface area (Å²) in [6.07, 6.45) is 1.42. The molecule has 0 amide bonds. The minimum atomic E-state index is -0.272. The number of hydrogen-bond donors (Lipinski definition) is 3. The van der Waals surface area contributed by atoms with Gasteiger partial charge in [0.1, 0.15) is 0 Å². The van der Waals surface area contributed by atoms with Crippen LogP contribution in [0.25, 0.3) is 11.0 Å². The van der Waals surface area contributed by atoms with Gasteiger partial charge in [-0.15, -0.1) is 0 Å². The van der Waals surface area contributed by atoms with Gasteiger partial charge in [-0.05, 0) is 18.2 Å². The molecule has 1 atom stereocenters. The van der Waals surface area contributed by atoms with Gasteiger partial charge in [-0.3, -0.25) is 15.0 Å². The normalized spacial score (nSPS) is 17.9. The zero-order valence-electron chi connectivity index (χ0n) is 9.91. The van der Waals surface area contributed by atoms with Crippen molar-refractivity contribution in [1.29, 1.82) is 0 Å². The fourth-order valence-corrected chi connectivity index (χ4v) is 2.34. The first-order chi connectivity index (χ1) is 9.33. The molecule has 0 fully saturated rings. The predicted molar refractivity (Wildman–Crippen MR) is 71.7 cm³/mol. The minimum Gasteiger partial charge on any atom is -0.370 e. The molecule has 1 aliphatic heterocycles. The summed E-state index contributed by atoms with van der Waals surface area (Å²) in [7, 11) is 0. The van der Waals surface area contributed by atoms with E-state index in [0.29, 0.717) is 11.9 Å². The molecule has 1 aromatic carbocycles. The van der Waals surface area contributed by atoms with Crippen LogP contribution < -0.4 is 11.1 Å². The summed E-state index contributed by atoms with van der Waals surface area (Å²) in [5.74, 6) is 1.04. The molecule has 0 saturated heterocycles. The van der Waals surface area contributed by atoms with Crippen molar-refractivity contribution in [3.8, 4) is 0 Å². The molecule has 0 spiro atoms. The Labute approximate surface area is 108 Å². The highest BCUT2D eigenvalue weighted by atomic mass is 15.4. The molecule has 0 aliphatic carbocycles. The molecule has 0 radical (unpaired) electrons. The minimum absolute atomic E-state index is 0.272. The fourth-order valence-electron chi connectivity index (χ4n) is 2.34. The Hall–Kier alpha value is -2.83. The van der Waals surface area contributed by atoms with Crippen LogP contribution in [-0.2, 0) is 0 Å². The fraction of sp³-hybridized carbons (Fsp3) is 0.0833. The number of rotatable bonds is 1. The number of aliphatic imine (C=N–C) groups is 1. The Morgan fingerprint density at radius 3 is 2.95 bits per heavy atom. The van der Waals surface area contributed by atoms with Gasteiger partial charge in [0.25, 0.3) is 0 Å². The third-order valence-corrected chi connectivity index (χ3v) is 3.14. The molecule has 3 heterocycles. The van der Waals surface area contributed by atoms with E-state index in [-0.39, 0.29) is 6.17 Å². The van der Waals surface area contributed by atoms with Crippen molar-refractivity contribution in [1.82, 2.24) is 19.7 Å². The number of imidazole rings is 1.